The number of ether oxygens (including phenoxy) is 2. The number of hydrogen-bond donors (Lipinski definition) is 1. The Bertz CT molecular complexity index is 653. The van der Waals surface area contributed by atoms with Crippen LogP contribution >= 0.6 is 0 Å². The summed E-state index contributed by atoms with van der Waals surface area (Å²) in [4.78, 5) is 0. The highest BCUT2D eigenvalue weighted by atomic mass is 19.1. The first kappa shape index (κ1) is 15.2. The number of methoxy groups -OCH3 is 1. The van der Waals surface area contributed by atoms with Gasteiger partial charge in [0.2, 0.25) is 0 Å². The molecule has 0 atom stereocenters. The number of rotatable bonds is 4. The van der Waals surface area contributed by atoms with Gasteiger partial charge >= 0.3 is 0 Å². The van der Waals surface area contributed by atoms with Crippen molar-refractivity contribution < 1.29 is 13.9 Å². The van der Waals surface area contributed by atoms with E-state index in [1.165, 1.54) is 19.2 Å². The van der Waals surface area contributed by atoms with Crippen LogP contribution in [0.2, 0.25) is 0 Å². The van der Waals surface area contributed by atoms with Gasteiger partial charge < -0.3 is 15.2 Å². The van der Waals surface area contributed by atoms with Crippen molar-refractivity contribution >= 4 is 5.69 Å². The lowest BCUT2D eigenvalue weighted by Crippen LogP contribution is -1.99. The molecule has 0 amide bonds. The Hall–Kier alpha value is -2.23. The minimum atomic E-state index is -0.504. The molecule has 0 aliphatic rings. The minimum absolute atomic E-state index is 0.109. The SMILES string of the molecule is COc1cc(Oc2cc(C)ccc2C(C)C)c(N)cc1F. The molecular formula is C17H20FNO2. The first-order valence-electron chi connectivity index (χ1n) is 6.83. The summed E-state index contributed by atoms with van der Waals surface area (Å²) in [6, 6.07) is 8.70. The van der Waals surface area contributed by atoms with Gasteiger partial charge in [-0.2, -0.15) is 0 Å². The maximum Gasteiger partial charge on any atom is 0.167 e. The lowest BCUT2D eigenvalue weighted by molar-refractivity contribution is 0.381. The lowest BCUT2D eigenvalue weighted by Gasteiger charge is -2.16. The molecule has 0 radical (unpaired) electrons. The van der Waals surface area contributed by atoms with E-state index in [4.69, 9.17) is 15.2 Å². The van der Waals surface area contributed by atoms with Gasteiger partial charge in [0.25, 0.3) is 0 Å². The van der Waals surface area contributed by atoms with Crippen molar-refractivity contribution in [3.63, 3.8) is 0 Å². The standard InChI is InChI=1S/C17H20FNO2/c1-10(2)12-6-5-11(3)7-15(12)21-17-9-16(20-4)13(18)8-14(17)19/h5-10H,19H2,1-4H3. The van der Waals surface area contributed by atoms with Crippen LogP contribution in [0.15, 0.2) is 30.3 Å². The minimum Gasteiger partial charge on any atom is -0.494 e. The number of aryl methyl sites for hydroxylation is 1. The van der Waals surface area contributed by atoms with E-state index in [-0.39, 0.29) is 11.4 Å². The van der Waals surface area contributed by atoms with E-state index in [1.54, 1.807) is 0 Å². The molecule has 0 saturated carbocycles. The highest BCUT2D eigenvalue weighted by molar-refractivity contribution is 5.58. The second kappa shape index (κ2) is 6.04. The van der Waals surface area contributed by atoms with Crippen LogP contribution in [0.25, 0.3) is 0 Å². The summed E-state index contributed by atoms with van der Waals surface area (Å²) in [5, 5.41) is 0. The van der Waals surface area contributed by atoms with Crippen molar-refractivity contribution in [3.8, 4) is 17.2 Å². The van der Waals surface area contributed by atoms with Crippen LogP contribution in [0.5, 0.6) is 17.2 Å². The summed E-state index contributed by atoms with van der Waals surface area (Å²) in [7, 11) is 1.41. The summed E-state index contributed by atoms with van der Waals surface area (Å²) in [6.45, 7) is 6.17. The van der Waals surface area contributed by atoms with E-state index in [0.717, 1.165) is 16.9 Å². The van der Waals surface area contributed by atoms with Crippen molar-refractivity contribution in [3.05, 3.63) is 47.3 Å². The van der Waals surface area contributed by atoms with E-state index in [9.17, 15) is 4.39 Å². The molecule has 2 rings (SSSR count). The van der Waals surface area contributed by atoms with Crippen LogP contribution in [-0.2, 0) is 0 Å². The fraction of sp³-hybridized carbons (Fsp3) is 0.294. The first-order valence-corrected chi connectivity index (χ1v) is 6.83. The molecule has 2 aromatic rings. The van der Waals surface area contributed by atoms with E-state index in [0.29, 0.717) is 11.7 Å². The van der Waals surface area contributed by atoms with Crippen LogP contribution in [0.3, 0.4) is 0 Å². The highest BCUT2D eigenvalue weighted by Crippen LogP contribution is 2.36. The predicted octanol–water partition coefficient (Wildman–Crippen LogP) is 4.64. The average Bonchev–Trinajstić information content (AvgIpc) is 2.41. The summed E-state index contributed by atoms with van der Waals surface area (Å²) < 4.78 is 24.5. The van der Waals surface area contributed by atoms with E-state index in [1.807, 2.05) is 25.1 Å². The van der Waals surface area contributed by atoms with Crippen molar-refractivity contribution in [1.29, 1.82) is 0 Å². The van der Waals surface area contributed by atoms with Crippen LogP contribution in [0.1, 0.15) is 30.9 Å². The van der Waals surface area contributed by atoms with E-state index in [2.05, 4.69) is 13.8 Å². The highest BCUT2D eigenvalue weighted by Gasteiger charge is 2.14. The molecule has 0 saturated heterocycles. The van der Waals surface area contributed by atoms with Crippen molar-refractivity contribution in [2.75, 3.05) is 12.8 Å². The molecule has 0 spiro atoms. The third kappa shape index (κ3) is 3.27. The van der Waals surface area contributed by atoms with Crippen molar-refractivity contribution in [1.82, 2.24) is 0 Å². The second-order valence-electron chi connectivity index (χ2n) is 5.32. The monoisotopic (exact) mass is 289 g/mol. The summed E-state index contributed by atoms with van der Waals surface area (Å²) in [5.74, 6) is 1.03. The predicted molar refractivity (Wildman–Crippen MR) is 82.7 cm³/mol. The van der Waals surface area contributed by atoms with E-state index < -0.39 is 5.82 Å². The molecule has 0 bridgehead atoms. The third-order valence-corrected chi connectivity index (χ3v) is 3.30. The molecule has 0 fully saturated rings. The quantitative estimate of drug-likeness (QED) is 0.834. The molecule has 112 valence electrons. The Kier molecular flexibility index (Phi) is 4.36. The average molecular weight is 289 g/mol. The molecule has 3 nitrogen and oxygen atoms in total. The largest absolute Gasteiger partial charge is 0.494 e. The Morgan fingerprint density at radius 1 is 1.05 bits per heavy atom. The number of anilines is 1. The lowest BCUT2D eigenvalue weighted by atomic mass is 10.0. The Balaban J connectivity index is 2.45. The number of hydrogen-bond acceptors (Lipinski definition) is 3. The molecule has 21 heavy (non-hydrogen) atoms. The zero-order chi connectivity index (χ0) is 15.6. The van der Waals surface area contributed by atoms with Gasteiger partial charge in [0, 0.05) is 12.1 Å². The molecule has 0 heterocycles. The second-order valence-corrected chi connectivity index (χ2v) is 5.32. The number of halogens is 1. The van der Waals surface area contributed by atoms with Gasteiger partial charge in [0.15, 0.2) is 17.3 Å². The van der Waals surface area contributed by atoms with Gasteiger partial charge in [-0.1, -0.05) is 26.0 Å². The maximum atomic E-state index is 13.6. The molecule has 2 N–H and O–H groups in total. The molecule has 0 aromatic heterocycles. The third-order valence-electron chi connectivity index (χ3n) is 3.30. The Labute approximate surface area is 124 Å². The molecular weight excluding hydrogens is 269 g/mol. The molecule has 4 heteroatoms. The zero-order valence-electron chi connectivity index (χ0n) is 12.7. The normalized spacial score (nSPS) is 10.8. The summed E-state index contributed by atoms with van der Waals surface area (Å²) >= 11 is 0. The zero-order valence-corrected chi connectivity index (χ0v) is 12.7. The number of nitrogens with two attached hydrogens (primary N) is 1. The van der Waals surface area contributed by atoms with Gasteiger partial charge in [-0.05, 0) is 30.0 Å². The summed E-state index contributed by atoms with van der Waals surface area (Å²) in [5.41, 5.74) is 8.23. The first-order chi connectivity index (χ1) is 9.92. The van der Waals surface area contributed by atoms with Gasteiger partial charge in [0.1, 0.15) is 5.75 Å². The Morgan fingerprint density at radius 2 is 1.76 bits per heavy atom. The molecule has 0 unspecified atom stereocenters. The number of benzene rings is 2. The number of nitrogen functional groups attached to an aromatic ring is 1. The molecule has 0 aliphatic heterocycles. The van der Waals surface area contributed by atoms with Crippen molar-refractivity contribution in [2.24, 2.45) is 0 Å². The van der Waals surface area contributed by atoms with Crippen LogP contribution in [0.4, 0.5) is 10.1 Å². The maximum absolute atomic E-state index is 13.6. The van der Waals surface area contributed by atoms with Gasteiger partial charge in [0.05, 0.1) is 12.8 Å². The van der Waals surface area contributed by atoms with Crippen LogP contribution < -0.4 is 15.2 Å². The van der Waals surface area contributed by atoms with Gasteiger partial charge in [-0.25, -0.2) is 4.39 Å². The Morgan fingerprint density at radius 3 is 2.38 bits per heavy atom. The fourth-order valence-electron chi connectivity index (χ4n) is 2.12. The van der Waals surface area contributed by atoms with E-state index >= 15 is 0 Å². The molecule has 0 aliphatic carbocycles. The van der Waals surface area contributed by atoms with Gasteiger partial charge in [-0.15, -0.1) is 0 Å². The summed E-state index contributed by atoms with van der Waals surface area (Å²) in [6.07, 6.45) is 0. The van der Waals surface area contributed by atoms with Crippen LogP contribution in [-0.4, -0.2) is 7.11 Å². The van der Waals surface area contributed by atoms with Crippen molar-refractivity contribution in [2.45, 2.75) is 26.7 Å². The smallest absolute Gasteiger partial charge is 0.167 e. The molecule has 2 aromatic carbocycles. The topological polar surface area (TPSA) is 44.5 Å². The fourth-order valence-corrected chi connectivity index (χ4v) is 2.12. The van der Waals surface area contributed by atoms with Crippen LogP contribution in [0, 0.1) is 12.7 Å². The van der Waals surface area contributed by atoms with Gasteiger partial charge in [-0.3, -0.25) is 0 Å².